The molecule has 1 aliphatic rings. The van der Waals surface area contributed by atoms with E-state index in [4.69, 9.17) is 46.4 Å². The van der Waals surface area contributed by atoms with Crippen LogP contribution in [0.4, 0.5) is 5.69 Å². The Bertz CT molecular complexity index is 463. The van der Waals surface area contributed by atoms with E-state index >= 15 is 0 Å². The SMILES string of the molecule is O=C1CC(CCl)CN1c1cc(Cl)c(Cl)cc1Cl. The summed E-state index contributed by atoms with van der Waals surface area (Å²) in [6, 6.07) is 3.16. The van der Waals surface area contributed by atoms with Gasteiger partial charge in [-0.3, -0.25) is 4.79 Å². The van der Waals surface area contributed by atoms with Gasteiger partial charge in [-0.2, -0.15) is 0 Å². The number of hydrogen-bond donors (Lipinski definition) is 0. The monoisotopic (exact) mass is 311 g/mol. The molecule has 0 saturated carbocycles. The number of halogens is 4. The van der Waals surface area contributed by atoms with Crippen molar-refractivity contribution >= 4 is 58.0 Å². The van der Waals surface area contributed by atoms with Crippen LogP contribution in [0.15, 0.2) is 12.1 Å². The van der Waals surface area contributed by atoms with Gasteiger partial charge >= 0.3 is 0 Å². The number of carbonyl (C=O) groups is 1. The summed E-state index contributed by atoms with van der Waals surface area (Å²) < 4.78 is 0. The molecule has 1 fully saturated rings. The summed E-state index contributed by atoms with van der Waals surface area (Å²) in [6.07, 6.45) is 0.445. The lowest BCUT2D eigenvalue weighted by molar-refractivity contribution is -0.117. The van der Waals surface area contributed by atoms with Gasteiger partial charge in [-0.1, -0.05) is 34.8 Å². The molecule has 17 heavy (non-hydrogen) atoms. The summed E-state index contributed by atoms with van der Waals surface area (Å²) in [5, 5.41) is 1.18. The molecule has 1 aliphatic heterocycles. The molecule has 1 atom stereocenters. The Morgan fingerprint density at radius 1 is 1.18 bits per heavy atom. The standard InChI is InChI=1S/C11H9Cl4NO/c12-4-6-1-11(17)16(5-6)10-3-8(14)7(13)2-9(10)15/h2-3,6H,1,4-5H2. The minimum Gasteiger partial charge on any atom is -0.311 e. The average molecular weight is 313 g/mol. The van der Waals surface area contributed by atoms with Gasteiger partial charge in [-0.05, 0) is 18.1 Å². The summed E-state index contributed by atoms with van der Waals surface area (Å²) in [4.78, 5) is 13.4. The Labute approximate surface area is 119 Å². The molecule has 1 amide bonds. The van der Waals surface area contributed by atoms with E-state index in [0.717, 1.165) is 0 Å². The Hall–Kier alpha value is -0.150. The van der Waals surface area contributed by atoms with Crippen LogP contribution >= 0.6 is 46.4 Å². The van der Waals surface area contributed by atoms with Crippen LogP contribution < -0.4 is 4.90 Å². The fourth-order valence-electron chi connectivity index (χ4n) is 1.84. The molecule has 1 aromatic carbocycles. The molecule has 0 N–H and O–H groups in total. The first-order chi connectivity index (χ1) is 8.02. The lowest BCUT2D eigenvalue weighted by Crippen LogP contribution is -2.25. The second-order valence-electron chi connectivity index (χ2n) is 3.95. The van der Waals surface area contributed by atoms with Crippen molar-refractivity contribution in [2.45, 2.75) is 6.42 Å². The van der Waals surface area contributed by atoms with E-state index in [-0.39, 0.29) is 11.8 Å². The van der Waals surface area contributed by atoms with Gasteiger partial charge in [-0.15, -0.1) is 11.6 Å². The van der Waals surface area contributed by atoms with Gasteiger partial charge in [0.05, 0.1) is 20.8 Å². The van der Waals surface area contributed by atoms with E-state index in [1.807, 2.05) is 0 Å². The molecule has 0 radical (unpaired) electrons. The lowest BCUT2D eigenvalue weighted by Gasteiger charge is -2.18. The number of rotatable bonds is 2. The van der Waals surface area contributed by atoms with Crippen LogP contribution in [-0.4, -0.2) is 18.3 Å². The molecule has 0 aromatic heterocycles. The van der Waals surface area contributed by atoms with Crippen LogP contribution in [0.25, 0.3) is 0 Å². The zero-order valence-corrected chi connectivity index (χ0v) is 11.7. The van der Waals surface area contributed by atoms with Crippen molar-refractivity contribution in [2.75, 3.05) is 17.3 Å². The highest BCUT2D eigenvalue weighted by atomic mass is 35.5. The highest BCUT2D eigenvalue weighted by molar-refractivity contribution is 6.44. The first-order valence-corrected chi connectivity index (χ1v) is 6.70. The summed E-state index contributed by atoms with van der Waals surface area (Å²) in [6.45, 7) is 0.569. The lowest BCUT2D eigenvalue weighted by atomic mass is 10.1. The summed E-state index contributed by atoms with van der Waals surface area (Å²) >= 11 is 23.6. The zero-order chi connectivity index (χ0) is 12.6. The third-order valence-corrected chi connectivity index (χ3v) is 4.17. The normalized spacial score (nSPS) is 20.1. The number of anilines is 1. The Kier molecular flexibility index (Phi) is 4.09. The molecule has 1 unspecified atom stereocenters. The Morgan fingerprint density at radius 2 is 1.82 bits per heavy atom. The van der Waals surface area contributed by atoms with E-state index in [9.17, 15) is 4.79 Å². The highest BCUT2D eigenvalue weighted by Crippen LogP contribution is 2.37. The maximum Gasteiger partial charge on any atom is 0.227 e. The number of amides is 1. The second-order valence-corrected chi connectivity index (χ2v) is 5.48. The zero-order valence-electron chi connectivity index (χ0n) is 8.72. The number of nitrogens with zero attached hydrogens (tertiary/aromatic N) is 1. The maximum atomic E-state index is 11.8. The van der Waals surface area contributed by atoms with Crippen LogP contribution in [0.2, 0.25) is 15.1 Å². The van der Waals surface area contributed by atoms with E-state index in [1.165, 1.54) is 0 Å². The van der Waals surface area contributed by atoms with Crippen LogP contribution in [0.1, 0.15) is 6.42 Å². The van der Waals surface area contributed by atoms with Gasteiger partial charge in [0.2, 0.25) is 5.91 Å². The molecule has 92 valence electrons. The van der Waals surface area contributed by atoms with E-state index < -0.39 is 0 Å². The number of alkyl halides is 1. The second kappa shape index (κ2) is 5.23. The summed E-state index contributed by atoms with van der Waals surface area (Å²) in [5.41, 5.74) is 0.596. The van der Waals surface area contributed by atoms with Gasteiger partial charge in [0.25, 0.3) is 0 Å². The van der Waals surface area contributed by atoms with Gasteiger partial charge in [0.1, 0.15) is 0 Å². The third kappa shape index (κ3) is 2.65. The van der Waals surface area contributed by atoms with Crippen LogP contribution in [-0.2, 0) is 4.79 Å². The van der Waals surface area contributed by atoms with Crippen molar-refractivity contribution in [1.29, 1.82) is 0 Å². The smallest absolute Gasteiger partial charge is 0.227 e. The van der Waals surface area contributed by atoms with Crippen molar-refractivity contribution in [1.82, 2.24) is 0 Å². The molecular weight excluding hydrogens is 304 g/mol. The summed E-state index contributed by atoms with van der Waals surface area (Å²) in [7, 11) is 0. The van der Waals surface area contributed by atoms with Crippen molar-refractivity contribution in [3.8, 4) is 0 Å². The number of hydrogen-bond acceptors (Lipinski definition) is 1. The highest BCUT2D eigenvalue weighted by Gasteiger charge is 2.31. The molecule has 6 heteroatoms. The fraction of sp³-hybridized carbons (Fsp3) is 0.364. The van der Waals surface area contributed by atoms with Gasteiger partial charge in [-0.25, -0.2) is 0 Å². The predicted molar refractivity (Wildman–Crippen MR) is 72.7 cm³/mol. The van der Waals surface area contributed by atoms with Crippen molar-refractivity contribution in [3.05, 3.63) is 27.2 Å². The van der Waals surface area contributed by atoms with Crippen molar-refractivity contribution in [3.63, 3.8) is 0 Å². The molecule has 1 saturated heterocycles. The predicted octanol–water partition coefficient (Wildman–Crippen LogP) is 4.24. The van der Waals surface area contributed by atoms with Gasteiger partial charge in [0, 0.05) is 18.8 Å². The van der Waals surface area contributed by atoms with Crippen LogP contribution in [0.3, 0.4) is 0 Å². The van der Waals surface area contributed by atoms with Gasteiger partial charge in [0.15, 0.2) is 0 Å². The van der Waals surface area contributed by atoms with Crippen molar-refractivity contribution in [2.24, 2.45) is 5.92 Å². The van der Waals surface area contributed by atoms with E-state index in [1.54, 1.807) is 17.0 Å². The van der Waals surface area contributed by atoms with Crippen LogP contribution in [0, 0.1) is 5.92 Å². The van der Waals surface area contributed by atoms with E-state index in [0.29, 0.717) is 39.6 Å². The summed E-state index contributed by atoms with van der Waals surface area (Å²) in [5.74, 6) is 0.631. The molecular formula is C11H9Cl4NO. The first kappa shape index (κ1) is 13.3. The molecule has 1 heterocycles. The minimum absolute atomic E-state index is 0.0101. The topological polar surface area (TPSA) is 20.3 Å². The molecule has 2 rings (SSSR count). The number of carbonyl (C=O) groups excluding carboxylic acids is 1. The third-order valence-electron chi connectivity index (χ3n) is 2.70. The maximum absolute atomic E-state index is 11.8. The van der Waals surface area contributed by atoms with E-state index in [2.05, 4.69) is 0 Å². The molecule has 1 aromatic rings. The Morgan fingerprint density at radius 3 is 2.41 bits per heavy atom. The molecule has 0 spiro atoms. The minimum atomic E-state index is 0.0101. The van der Waals surface area contributed by atoms with Crippen LogP contribution in [0.5, 0.6) is 0 Å². The van der Waals surface area contributed by atoms with Crippen molar-refractivity contribution < 1.29 is 4.79 Å². The Balaban J connectivity index is 2.35. The fourth-order valence-corrected chi connectivity index (χ4v) is 2.69. The molecule has 0 bridgehead atoms. The largest absolute Gasteiger partial charge is 0.311 e. The molecule has 0 aliphatic carbocycles. The average Bonchev–Trinajstić information content (AvgIpc) is 2.65. The quantitative estimate of drug-likeness (QED) is 0.591. The van der Waals surface area contributed by atoms with Gasteiger partial charge < -0.3 is 4.90 Å². The first-order valence-electron chi connectivity index (χ1n) is 5.03. The molecule has 2 nitrogen and oxygen atoms in total. The number of benzene rings is 1.